The number of hydrogen-bond acceptors (Lipinski definition) is 2. The predicted octanol–water partition coefficient (Wildman–Crippen LogP) is 8.15. The van der Waals surface area contributed by atoms with E-state index in [1.54, 1.807) is 0 Å². The van der Waals surface area contributed by atoms with E-state index in [1.807, 2.05) is 30.3 Å². The van der Waals surface area contributed by atoms with Crippen molar-refractivity contribution in [3.8, 4) is 28.1 Å². The third-order valence-electron chi connectivity index (χ3n) is 6.45. The zero-order chi connectivity index (χ0) is 23.4. The highest BCUT2D eigenvalue weighted by Gasteiger charge is 2.23. The molecule has 0 saturated carbocycles. The molecule has 0 atom stereocenters. The van der Waals surface area contributed by atoms with E-state index in [2.05, 4.69) is 105 Å². The topological polar surface area (TPSA) is 46.5 Å². The highest BCUT2D eigenvalue weighted by molar-refractivity contribution is 9.10. The molecule has 3 aromatic heterocycles. The highest BCUT2D eigenvalue weighted by atomic mass is 79.9. The average molecular weight is 515 g/mol. The van der Waals surface area contributed by atoms with Gasteiger partial charge in [0.1, 0.15) is 0 Å². The van der Waals surface area contributed by atoms with Gasteiger partial charge in [-0.1, -0.05) is 94.8 Å². The van der Waals surface area contributed by atoms with Crippen LogP contribution in [0.25, 0.3) is 61.0 Å². The van der Waals surface area contributed by atoms with Gasteiger partial charge in [0, 0.05) is 26.4 Å². The SMILES string of the molecule is Brc1ccc(-c2c3c(-c4ccccc4)[nH]n(-c4ccccc4)c3nc3nc4ccccc4c23)cc1. The number of para-hydroxylation sites is 2. The third-order valence-corrected chi connectivity index (χ3v) is 6.98. The second-order valence-corrected chi connectivity index (χ2v) is 9.46. The molecule has 0 unspecified atom stereocenters. The number of nitrogens with zero attached hydrogens (tertiary/aromatic N) is 3. The summed E-state index contributed by atoms with van der Waals surface area (Å²) in [6, 6.07) is 37.5. The largest absolute Gasteiger partial charge is 0.291 e. The lowest BCUT2D eigenvalue weighted by atomic mass is 9.95. The Balaban J connectivity index is 1.72. The fraction of sp³-hybridized carbons (Fsp3) is 0. The number of H-pyrrole nitrogens is 1. The molecule has 3 heterocycles. The molecular formula is C30H19BrN4. The average Bonchev–Trinajstić information content (AvgIpc) is 3.48. The molecule has 4 aromatic carbocycles. The van der Waals surface area contributed by atoms with Crippen molar-refractivity contribution in [3.63, 3.8) is 0 Å². The van der Waals surface area contributed by atoms with Crippen LogP contribution in [0.1, 0.15) is 0 Å². The van der Waals surface area contributed by atoms with Crippen molar-refractivity contribution in [1.82, 2.24) is 19.7 Å². The zero-order valence-corrected chi connectivity index (χ0v) is 20.2. The van der Waals surface area contributed by atoms with Crippen LogP contribution in [0.5, 0.6) is 0 Å². The molecule has 0 fully saturated rings. The lowest BCUT2D eigenvalue weighted by Gasteiger charge is -2.09. The van der Waals surface area contributed by atoms with E-state index >= 15 is 0 Å². The van der Waals surface area contributed by atoms with Crippen molar-refractivity contribution in [2.24, 2.45) is 0 Å². The van der Waals surface area contributed by atoms with Crippen molar-refractivity contribution in [2.75, 3.05) is 0 Å². The summed E-state index contributed by atoms with van der Waals surface area (Å²) in [4.78, 5) is 10.1. The summed E-state index contributed by atoms with van der Waals surface area (Å²) in [5.74, 6) is 0. The maximum atomic E-state index is 5.15. The number of nitrogens with one attached hydrogen (secondary N) is 1. The van der Waals surface area contributed by atoms with Crippen molar-refractivity contribution >= 4 is 48.9 Å². The normalized spacial score (nSPS) is 11.6. The Labute approximate surface area is 210 Å². The molecule has 166 valence electrons. The molecule has 35 heavy (non-hydrogen) atoms. The number of benzene rings is 4. The Bertz CT molecular complexity index is 1830. The minimum atomic E-state index is 0.750. The van der Waals surface area contributed by atoms with E-state index in [9.17, 15) is 0 Å². The number of rotatable bonds is 3. The minimum absolute atomic E-state index is 0.750. The summed E-state index contributed by atoms with van der Waals surface area (Å²) >= 11 is 3.60. The van der Waals surface area contributed by atoms with Crippen LogP contribution in [-0.4, -0.2) is 19.7 Å². The molecule has 0 radical (unpaired) electrons. The summed E-state index contributed by atoms with van der Waals surface area (Å²) in [5.41, 5.74) is 7.97. The third kappa shape index (κ3) is 3.20. The first kappa shape index (κ1) is 20.2. The van der Waals surface area contributed by atoms with Crippen LogP contribution in [0.15, 0.2) is 114 Å². The van der Waals surface area contributed by atoms with E-state index < -0.39 is 0 Å². The molecule has 5 heteroatoms. The Morgan fingerprint density at radius 3 is 2.09 bits per heavy atom. The van der Waals surface area contributed by atoms with Crippen LogP contribution in [0.2, 0.25) is 0 Å². The molecule has 0 bridgehead atoms. The van der Waals surface area contributed by atoms with Gasteiger partial charge in [-0.05, 0) is 35.9 Å². The molecule has 4 nitrogen and oxygen atoms in total. The Morgan fingerprint density at radius 1 is 0.629 bits per heavy atom. The second-order valence-electron chi connectivity index (χ2n) is 8.54. The lowest BCUT2D eigenvalue weighted by molar-refractivity contribution is 0.903. The van der Waals surface area contributed by atoms with E-state index in [4.69, 9.17) is 9.97 Å². The second kappa shape index (κ2) is 7.93. The fourth-order valence-electron chi connectivity index (χ4n) is 4.90. The molecule has 7 aromatic rings. The molecule has 7 rings (SSSR count). The first-order chi connectivity index (χ1) is 17.3. The Kier molecular flexibility index (Phi) is 4.57. The summed E-state index contributed by atoms with van der Waals surface area (Å²) in [7, 11) is 0. The zero-order valence-electron chi connectivity index (χ0n) is 18.6. The van der Waals surface area contributed by atoms with Gasteiger partial charge in [0.15, 0.2) is 11.3 Å². The monoisotopic (exact) mass is 514 g/mol. The Morgan fingerprint density at radius 2 is 1.31 bits per heavy atom. The number of pyridine rings is 1. The first-order valence-electron chi connectivity index (χ1n) is 11.5. The maximum Gasteiger partial charge on any atom is 0.164 e. The predicted molar refractivity (Wildman–Crippen MR) is 147 cm³/mol. The molecule has 0 amide bonds. The number of aromatic nitrogens is 4. The van der Waals surface area contributed by atoms with E-state index in [0.717, 1.165) is 65.5 Å². The summed E-state index contributed by atoms with van der Waals surface area (Å²) < 4.78 is 3.11. The van der Waals surface area contributed by atoms with Crippen molar-refractivity contribution in [3.05, 3.63) is 114 Å². The Hall–Kier alpha value is -4.22. The van der Waals surface area contributed by atoms with Crippen LogP contribution in [0, 0.1) is 0 Å². The molecule has 0 aliphatic rings. The van der Waals surface area contributed by atoms with E-state index in [1.165, 1.54) is 0 Å². The molecule has 1 N–H and O–H groups in total. The van der Waals surface area contributed by atoms with Gasteiger partial charge in [-0.2, -0.15) is 0 Å². The van der Waals surface area contributed by atoms with Crippen LogP contribution in [0.3, 0.4) is 0 Å². The van der Waals surface area contributed by atoms with Crippen LogP contribution in [0.4, 0.5) is 0 Å². The van der Waals surface area contributed by atoms with Gasteiger partial charge in [-0.25, -0.2) is 14.6 Å². The van der Waals surface area contributed by atoms with E-state index in [0.29, 0.717) is 0 Å². The number of aromatic amines is 1. The molecule has 0 saturated heterocycles. The number of halogens is 1. The van der Waals surface area contributed by atoms with Gasteiger partial charge in [-0.15, -0.1) is 0 Å². The number of fused-ring (bicyclic) bond motifs is 4. The molecule has 0 aliphatic carbocycles. The van der Waals surface area contributed by atoms with Gasteiger partial charge in [0.05, 0.1) is 22.3 Å². The number of hydrogen-bond donors (Lipinski definition) is 1. The smallest absolute Gasteiger partial charge is 0.164 e. The first-order valence-corrected chi connectivity index (χ1v) is 12.3. The summed E-state index contributed by atoms with van der Waals surface area (Å²) in [6.45, 7) is 0. The quantitative estimate of drug-likeness (QED) is 0.258. The summed E-state index contributed by atoms with van der Waals surface area (Å²) in [6.07, 6.45) is 0. The van der Waals surface area contributed by atoms with Crippen molar-refractivity contribution < 1.29 is 0 Å². The van der Waals surface area contributed by atoms with Crippen LogP contribution >= 0.6 is 15.9 Å². The van der Waals surface area contributed by atoms with Crippen LogP contribution in [-0.2, 0) is 0 Å². The maximum absolute atomic E-state index is 5.15. The minimum Gasteiger partial charge on any atom is -0.291 e. The highest BCUT2D eigenvalue weighted by Crippen LogP contribution is 2.43. The van der Waals surface area contributed by atoms with Crippen LogP contribution < -0.4 is 0 Å². The van der Waals surface area contributed by atoms with Crippen molar-refractivity contribution in [2.45, 2.75) is 0 Å². The standard InChI is InChI=1S/C30H19BrN4/c31-21-17-15-19(16-18-21)25-26-23-13-7-8-14-24(23)32-29(26)33-30-27(25)28(20-9-3-1-4-10-20)34-35(30)22-11-5-2-6-12-22/h1-18,34H. The lowest BCUT2D eigenvalue weighted by Crippen LogP contribution is -1.98. The van der Waals surface area contributed by atoms with Gasteiger partial charge in [0.25, 0.3) is 0 Å². The molecular weight excluding hydrogens is 496 g/mol. The van der Waals surface area contributed by atoms with Gasteiger partial charge in [-0.3, -0.25) is 5.10 Å². The van der Waals surface area contributed by atoms with Gasteiger partial charge >= 0.3 is 0 Å². The van der Waals surface area contributed by atoms with E-state index in [-0.39, 0.29) is 0 Å². The fourth-order valence-corrected chi connectivity index (χ4v) is 5.16. The van der Waals surface area contributed by atoms with Crippen molar-refractivity contribution in [1.29, 1.82) is 0 Å². The van der Waals surface area contributed by atoms with Gasteiger partial charge < -0.3 is 0 Å². The molecule has 0 spiro atoms. The molecule has 0 aliphatic heterocycles. The van der Waals surface area contributed by atoms with Gasteiger partial charge in [0.2, 0.25) is 0 Å². The summed E-state index contributed by atoms with van der Waals surface area (Å²) in [5, 5.41) is 6.94.